The molecule has 1 aromatic carbocycles. The summed E-state index contributed by atoms with van der Waals surface area (Å²) in [5, 5.41) is 8.04. The zero-order valence-electron chi connectivity index (χ0n) is 11.5. The van der Waals surface area contributed by atoms with Crippen LogP contribution < -0.4 is 4.90 Å². The Hall–Kier alpha value is -1.51. The predicted molar refractivity (Wildman–Crippen MR) is 77.3 cm³/mol. The summed E-state index contributed by atoms with van der Waals surface area (Å²) in [5.74, 6) is 0. The Kier molecular flexibility index (Phi) is 6.92. The Morgan fingerprint density at radius 2 is 1.78 bits per heavy atom. The molecule has 0 heterocycles. The molecule has 0 atom stereocenters. The molecule has 0 amide bonds. The average Bonchev–Trinajstić information content (AvgIpc) is 2.41. The molecular formula is C15H24N2O. The summed E-state index contributed by atoms with van der Waals surface area (Å²) in [6.45, 7) is 5.75. The van der Waals surface area contributed by atoms with Crippen LogP contribution in [0.1, 0.15) is 39.5 Å². The maximum Gasteiger partial charge on any atom is 0.288 e. The van der Waals surface area contributed by atoms with Crippen molar-refractivity contribution in [2.45, 2.75) is 39.5 Å². The zero-order chi connectivity index (χ0) is 13.2. The van der Waals surface area contributed by atoms with Gasteiger partial charge in [0.2, 0.25) is 0 Å². The van der Waals surface area contributed by atoms with Crippen LogP contribution in [-0.4, -0.2) is 19.2 Å². The van der Waals surface area contributed by atoms with Crippen molar-refractivity contribution >= 4 is 11.7 Å². The molecule has 0 radical (unpaired) electrons. The van der Waals surface area contributed by atoms with E-state index in [9.17, 15) is 0 Å². The highest BCUT2D eigenvalue weighted by Crippen LogP contribution is 2.15. The number of para-hydroxylation sites is 1. The molecular weight excluding hydrogens is 224 g/mol. The van der Waals surface area contributed by atoms with Gasteiger partial charge in [0.25, 0.3) is 6.02 Å². The highest BCUT2D eigenvalue weighted by atomic mass is 16.5. The Balaban J connectivity index is 2.63. The Morgan fingerprint density at radius 1 is 1.11 bits per heavy atom. The number of unbranched alkanes of at least 4 members (excludes halogenated alkanes) is 2. The van der Waals surface area contributed by atoms with Gasteiger partial charge in [-0.3, -0.25) is 10.3 Å². The fraction of sp³-hybridized carbons (Fsp3) is 0.533. The number of rotatable bonds is 7. The Morgan fingerprint density at radius 3 is 2.39 bits per heavy atom. The third kappa shape index (κ3) is 4.78. The lowest BCUT2D eigenvalue weighted by Gasteiger charge is -2.24. The molecule has 0 saturated heterocycles. The first-order valence-electron chi connectivity index (χ1n) is 6.83. The normalized spacial score (nSPS) is 10.1. The zero-order valence-corrected chi connectivity index (χ0v) is 11.5. The van der Waals surface area contributed by atoms with Crippen LogP contribution in [0, 0.1) is 5.41 Å². The third-order valence-corrected chi connectivity index (χ3v) is 2.78. The number of ether oxygens (including phenoxy) is 1. The Bertz CT molecular complexity index is 338. The molecule has 0 aliphatic rings. The van der Waals surface area contributed by atoms with Crippen molar-refractivity contribution in [3.63, 3.8) is 0 Å². The first-order chi connectivity index (χ1) is 8.79. The van der Waals surface area contributed by atoms with Gasteiger partial charge in [-0.15, -0.1) is 0 Å². The first-order valence-corrected chi connectivity index (χ1v) is 6.83. The van der Waals surface area contributed by atoms with Crippen LogP contribution in [0.25, 0.3) is 0 Å². The number of anilines is 1. The fourth-order valence-corrected chi connectivity index (χ4v) is 1.66. The number of hydrogen-bond donors (Lipinski definition) is 1. The standard InChI is InChI=1S/C15H24N2O/c1-3-5-12-17(14-10-8-7-9-11-14)15(16)18-13-6-4-2/h7-11,16H,3-6,12-13H2,1-2H3. The van der Waals surface area contributed by atoms with Crippen molar-refractivity contribution in [3.05, 3.63) is 30.3 Å². The summed E-state index contributed by atoms with van der Waals surface area (Å²) >= 11 is 0. The van der Waals surface area contributed by atoms with Gasteiger partial charge in [0.1, 0.15) is 0 Å². The van der Waals surface area contributed by atoms with E-state index in [4.69, 9.17) is 10.1 Å². The van der Waals surface area contributed by atoms with E-state index in [1.54, 1.807) is 0 Å². The Labute approximate surface area is 110 Å². The lowest BCUT2D eigenvalue weighted by atomic mass is 10.2. The van der Waals surface area contributed by atoms with Crippen LogP contribution in [0.2, 0.25) is 0 Å². The maximum absolute atomic E-state index is 8.04. The molecule has 0 fully saturated rings. The van der Waals surface area contributed by atoms with Gasteiger partial charge >= 0.3 is 0 Å². The molecule has 18 heavy (non-hydrogen) atoms. The van der Waals surface area contributed by atoms with Crippen LogP contribution in [0.3, 0.4) is 0 Å². The summed E-state index contributed by atoms with van der Waals surface area (Å²) in [6, 6.07) is 10.3. The van der Waals surface area contributed by atoms with E-state index in [0.717, 1.165) is 37.9 Å². The third-order valence-electron chi connectivity index (χ3n) is 2.78. The van der Waals surface area contributed by atoms with E-state index in [-0.39, 0.29) is 6.02 Å². The molecule has 3 heteroatoms. The predicted octanol–water partition coefficient (Wildman–Crippen LogP) is 4.04. The second-order valence-electron chi connectivity index (χ2n) is 4.35. The molecule has 0 aromatic heterocycles. The molecule has 0 aliphatic carbocycles. The van der Waals surface area contributed by atoms with Crippen molar-refractivity contribution in [1.82, 2.24) is 0 Å². The van der Waals surface area contributed by atoms with Crippen molar-refractivity contribution in [1.29, 1.82) is 5.41 Å². The largest absolute Gasteiger partial charge is 0.465 e. The first kappa shape index (κ1) is 14.6. The van der Waals surface area contributed by atoms with Gasteiger partial charge in [0, 0.05) is 12.2 Å². The van der Waals surface area contributed by atoms with Crippen LogP contribution in [-0.2, 0) is 4.74 Å². The molecule has 0 spiro atoms. The van der Waals surface area contributed by atoms with Crippen LogP contribution in [0.4, 0.5) is 5.69 Å². The van der Waals surface area contributed by atoms with Gasteiger partial charge in [0.15, 0.2) is 0 Å². The monoisotopic (exact) mass is 248 g/mol. The molecule has 100 valence electrons. The van der Waals surface area contributed by atoms with E-state index < -0.39 is 0 Å². The highest BCUT2D eigenvalue weighted by molar-refractivity contribution is 5.89. The lowest BCUT2D eigenvalue weighted by Crippen LogP contribution is -2.33. The van der Waals surface area contributed by atoms with Crippen LogP contribution in [0.15, 0.2) is 30.3 Å². The van der Waals surface area contributed by atoms with Gasteiger partial charge in [-0.1, -0.05) is 44.9 Å². The minimum Gasteiger partial charge on any atom is -0.465 e. The van der Waals surface area contributed by atoms with E-state index in [2.05, 4.69) is 13.8 Å². The van der Waals surface area contributed by atoms with Crippen molar-refractivity contribution in [2.75, 3.05) is 18.1 Å². The van der Waals surface area contributed by atoms with E-state index in [0.29, 0.717) is 6.61 Å². The summed E-state index contributed by atoms with van der Waals surface area (Å²) < 4.78 is 5.51. The number of amidine groups is 1. The van der Waals surface area contributed by atoms with E-state index in [1.807, 2.05) is 35.2 Å². The molecule has 1 rings (SSSR count). The lowest BCUT2D eigenvalue weighted by molar-refractivity contribution is 0.285. The quantitative estimate of drug-likeness (QED) is 0.449. The van der Waals surface area contributed by atoms with Crippen molar-refractivity contribution in [3.8, 4) is 0 Å². The van der Waals surface area contributed by atoms with Gasteiger partial charge < -0.3 is 4.74 Å². The number of nitrogens with one attached hydrogen (secondary N) is 1. The molecule has 0 bridgehead atoms. The molecule has 1 aromatic rings. The maximum atomic E-state index is 8.04. The van der Waals surface area contributed by atoms with E-state index >= 15 is 0 Å². The second kappa shape index (κ2) is 8.56. The van der Waals surface area contributed by atoms with Gasteiger partial charge in [-0.05, 0) is 25.0 Å². The summed E-state index contributed by atoms with van der Waals surface area (Å²) in [6.07, 6.45) is 4.27. The van der Waals surface area contributed by atoms with Gasteiger partial charge in [0.05, 0.1) is 6.61 Å². The number of hydrogen-bond acceptors (Lipinski definition) is 2. The molecule has 1 N–H and O–H groups in total. The summed E-state index contributed by atoms with van der Waals surface area (Å²) in [4.78, 5) is 1.94. The number of nitrogens with zero attached hydrogens (tertiary/aromatic N) is 1. The van der Waals surface area contributed by atoms with Gasteiger partial charge in [-0.2, -0.15) is 0 Å². The molecule has 0 unspecified atom stereocenters. The number of benzene rings is 1. The highest BCUT2D eigenvalue weighted by Gasteiger charge is 2.12. The molecule has 0 aliphatic heterocycles. The smallest absolute Gasteiger partial charge is 0.288 e. The van der Waals surface area contributed by atoms with E-state index in [1.165, 1.54) is 0 Å². The van der Waals surface area contributed by atoms with Crippen LogP contribution >= 0.6 is 0 Å². The summed E-state index contributed by atoms with van der Waals surface area (Å²) in [5.41, 5.74) is 1.03. The molecule has 0 saturated carbocycles. The van der Waals surface area contributed by atoms with Gasteiger partial charge in [-0.25, -0.2) is 0 Å². The van der Waals surface area contributed by atoms with Crippen LogP contribution in [0.5, 0.6) is 0 Å². The fourth-order valence-electron chi connectivity index (χ4n) is 1.66. The SMILES string of the molecule is CCCCOC(=N)N(CCCC)c1ccccc1. The topological polar surface area (TPSA) is 36.3 Å². The van der Waals surface area contributed by atoms with Crippen molar-refractivity contribution < 1.29 is 4.74 Å². The average molecular weight is 248 g/mol. The molecule has 3 nitrogen and oxygen atoms in total. The minimum absolute atomic E-state index is 0.267. The minimum atomic E-state index is 0.267. The van der Waals surface area contributed by atoms with Crippen molar-refractivity contribution in [2.24, 2.45) is 0 Å². The second-order valence-corrected chi connectivity index (χ2v) is 4.35. The summed E-state index contributed by atoms with van der Waals surface area (Å²) in [7, 11) is 0.